The molecule has 116 valence electrons. The molecule has 6 heteroatoms. The highest BCUT2D eigenvalue weighted by Crippen LogP contribution is 2.05. The number of imidazole rings is 1. The van der Waals surface area contributed by atoms with Gasteiger partial charge in [0.25, 0.3) is 5.56 Å². The lowest BCUT2D eigenvalue weighted by molar-refractivity contribution is 1.04. The van der Waals surface area contributed by atoms with Gasteiger partial charge in [0.15, 0.2) is 0 Å². The van der Waals surface area contributed by atoms with Crippen molar-refractivity contribution < 1.29 is 0 Å². The largest absolute Gasteiger partial charge is 0.345 e. The number of rotatable bonds is 0. The molecule has 4 rings (SSSR count). The summed E-state index contributed by atoms with van der Waals surface area (Å²) in [5.74, 6) is 0. The number of H-pyrrole nitrogens is 3. The molecule has 0 bridgehead atoms. The second kappa shape index (κ2) is 8.78. The molecule has 0 atom stereocenters. The fourth-order valence-electron chi connectivity index (χ4n) is 1.65. The first kappa shape index (κ1) is 16.0. The molecular formula is C17H16N4O2. The maximum atomic E-state index is 10.2. The van der Waals surface area contributed by atoms with Gasteiger partial charge in [-0.05, 0) is 12.1 Å². The van der Waals surface area contributed by atoms with Crippen LogP contribution >= 0.6 is 0 Å². The van der Waals surface area contributed by atoms with E-state index in [1.54, 1.807) is 6.33 Å². The lowest BCUT2D eigenvalue weighted by atomic mass is 10.3. The third kappa shape index (κ3) is 5.84. The summed E-state index contributed by atoms with van der Waals surface area (Å²) < 4.78 is 0. The minimum atomic E-state index is -0.475. The summed E-state index contributed by atoms with van der Waals surface area (Å²) >= 11 is 0. The van der Waals surface area contributed by atoms with Gasteiger partial charge in [-0.1, -0.05) is 48.5 Å². The summed E-state index contributed by atoms with van der Waals surface area (Å²) in [6, 6.07) is 21.2. The fourth-order valence-corrected chi connectivity index (χ4v) is 1.65. The Labute approximate surface area is 131 Å². The summed E-state index contributed by atoms with van der Waals surface area (Å²) in [6.45, 7) is 0. The molecule has 0 amide bonds. The first-order valence-corrected chi connectivity index (χ1v) is 6.92. The predicted octanol–water partition coefficient (Wildman–Crippen LogP) is 2.31. The van der Waals surface area contributed by atoms with Crippen LogP contribution in [0.15, 0.2) is 88.8 Å². The molecule has 0 aliphatic carbocycles. The number of hydrogen-bond donors (Lipinski definition) is 3. The SMILES string of the molecule is O=c1cc[nH]c(=O)[nH]1.c1ccc2[nH]cnc2c1.c1ccccc1. The number of hydrogen-bond acceptors (Lipinski definition) is 3. The summed E-state index contributed by atoms with van der Waals surface area (Å²) in [5.41, 5.74) is 1.27. The molecule has 0 radical (unpaired) electrons. The summed E-state index contributed by atoms with van der Waals surface area (Å²) in [7, 11) is 0. The average Bonchev–Trinajstić information content (AvgIpc) is 3.06. The number of aromatic nitrogens is 4. The van der Waals surface area contributed by atoms with Crippen molar-refractivity contribution in [3.8, 4) is 0 Å². The molecule has 2 aromatic heterocycles. The zero-order valence-corrected chi connectivity index (χ0v) is 12.3. The van der Waals surface area contributed by atoms with Gasteiger partial charge in [0.2, 0.25) is 0 Å². The van der Waals surface area contributed by atoms with E-state index in [0.717, 1.165) is 11.0 Å². The molecular weight excluding hydrogens is 292 g/mol. The van der Waals surface area contributed by atoms with E-state index in [0.29, 0.717) is 0 Å². The van der Waals surface area contributed by atoms with Crippen LogP contribution in [0.25, 0.3) is 11.0 Å². The van der Waals surface area contributed by atoms with Gasteiger partial charge in [-0.25, -0.2) is 9.78 Å². The Morgan fingerprint density at radius 2 is 1.39 bits per heavy atom. The van der Waals surface area contributed by atoms with Crippen LogP contribution in [-0.2, 0) is 0 Å². The minimum Gasteiger partial charge on any atom is -0.345 e. The highest BCUT2D eigenvalue weighted by atomic mass is 16.2. The molecule has 6 nitrogen and oxygen atoms in total. The molecule has 0 aliphatic heterocycles. The molecule has 0 fully saturated rings. The highest BCUT2D eigenvalue weighted by molar-refractivity contribution is 5.73. The van der Waals surface area contributed by atoms with Crippen LogP contribution in [-0.4, -0.2) is 19.9 Å². The van der Waals surface area contributed by atoms with Crippen LogP contribution in [0.4, 0.5) is 0 Å². The van der Waals surface area contributed by atoms with Crippen LogP contribution < -0.4 is 11.2 Å². The Kier molecular flexibility index (Phi) is 6.10. The molecule has 0 saturated carbocycles. The topological polar surface area (TPSA) is 94.4 Å². The average molecular weight is 308 g/mol. The summed E-state index contributed by atoms with van der Waals surface area (Å²) in [6.07, 6.45) is 2.99. The van der Waals surface area contributed by atoms with Gasteiger partial charge in [0, 0.05) is 12.3 Å². The Morgan fingerprint density at radius 3 is 1.91 bits per heavy atom. The van der Waals surface area contributed by atoms with E-state index >= 15 is 0 Å². The summed E-state index contributed by atoms with van der Waals surface area (Å²) in [4.78, 5) is 31.7. The van der Waals surface area contributed by atoms with Gasteiger partial charge < -0.3 is 9.97 Å². The van der Waals surface area contributed by atoms with E-state index in [9.17, 15) is 9.59 Å². The standard InChI is InChI=1S/C7H6N2.C6H6.C4H4N2O2/c1-2-4-7-6(3-1)8-5-9-7;1-2-4-6-5-3-1;7-3-1-2-5-4(8)6-3/h1-5H,(H,8,9);1-6H;1-2H,(H2,5,6,7,8). The number of nitrogens with zero attached hydrogens (tertiary/aromatic N) is 1. The Hall–Kier alpha value is -3.41. The van der Waals surface area contributed by atoms with E-state index in [2.05, 4.69) is 15.0 Å². The minimum absolute atomic E-state index is 0.381. The second-order valence-electron chi connectivity index (χ2n) is 4.37. The van der Waals surface area contributed by atoms with E-state index in [4.69, 9.17) is 0 Å². The van der Waals surface area contributed by atoms with E-state index < -0.39 is 5.69 Å². The van der Waals surface area contributed by atoms with Crippen molar-refractivity contribution in [1.82, 2.24) is 19.9 Å². The predicted molar refractivity (Wildman–Crippen MR) is 90.2 cm³/mol. The Morgan fingerprint density at radius 1 is 0.739 bits per heavy atom. The van der Waals surface area contributed by atoms with Gasteiger partial charge in [-0.15, -0.1) is 0 Å². The quantitative estimate of drug-likeness (QED) is 0.465. The van der Waals surface area contributed by atoms with Gasteiger partial charge in [-0.2, -0.15) is 0 Å². The maximum absolute atomic E-state index is 10.2. The molecule has 0 saturated heterocycles. The van der Waals surface area contributed by atoms with Crippen molar-refractivity contribution in [1.29, 1.82) is 0 Å². The normalized spacial score (nSPS) is 9.22. The molecule has 2 aromatic carbocycles. The van der Waals surface area contributed by atoms with E-state index in [-0.39, 0.29) is 5.56 Å². The zero-order chi connectivity index (χ0) is 16.3. The van der Waals surface area contributed by atoms with Crippen LogP contribution in [0, 0.1) is 0 Å². The van der Waals surface area contributed by atoms with Gasteiger partial charge in [0.1, 0.15) is 0 Å². The zero-order valence-electron chi connectivity index (χ0n) is 12.3. The van der Waals surface area contributed by atoms with Crippen molar-refractivity contribution in [2.75, 3.05) is 0 Å². The third-order valence-electron chi connectivity index (χ3n) is 2.68. The monoisotopic (exact) mass is 308 g/mol. The van der Waals surface area contributed by atoms with Crippen LogP contribution in [0.1, 0.15) is 0 Å². The third-order valence-corrected chi connectivity index (χ3v) is 2.68. The number of aromatic amines is 3. The van der Waals surface area contributed by atoms with Crippen molar-refractivity contribution >= 4 is 11.0 Å². The Bertz CT molecular complexity index is 844. The number of fused-ring (bicyclic) bond motifs is 1. The van der Waals surface area contributed by atoms with Crippen molar-refractivity contribution in [2.45, 2.75) is 0 Å². The first-order chi connectivity index (χ1) is 11.3. The smallest absolute Gasteiger partial charge is 0.325 e. The Balaban J connectivity index is 0.000000128. The van der Waals surface area contributed by atoms with Crippen LogP contribution in [0.5, 0.6) is 0 Å². The van der Waals surface area contributed by atoms with Gasteiger partial charge in [0.05, 0.1) is 17.4 Å². The van der Waals surface area contributed by atoms with Crippen molar-refractivity contribution in [3.63, 3.8) is 0 Å². The van der Waals surface area contributed by atoms with E-state index in [1.165, 1.54) is 12.3 Å². The summed E-state index contributed by atoms with van der Waals surface area (Å²) in [5, 5.41) is 0. The molecule has 0 aliphatic rings. The molecule has 2 heterocycles. The molecule has 0 spiro atoms. The van der Waals surface area contributed by atoms with Crippen molar-refractivity contribution in [2.24, 2.45) is 0 Å². The number of para-hydroxylation sites is 2. The maximum Gasteiger partial charge on any atom is 0.325 e. The number of nitrogens with one attached hydrogen (secondary N) is 3. The lowest BCUT2D eigenvalue weighted by Gasteiger charge is -1.81. The van der Waals surface area contributed by atoms with Crippen molar-refractivity contribution in [3.05, 3.63) is 100 Å². The number of benzene rings is 2. The van der Waals surface area contributed by atoms with E-state index in [1.807, 2.05) is 65.6 Å². The van der Waals surface area contributed by atoms with Crippen LogP contribution in [0.2, 0.25) is 0 Å². The second-order valence-corrected chi connectivity index (χ2v) is 4.37. The van der Waals surface area contributed by atoms with Crippen LogP contribution in [0.3, 0.4) is 0 Å². The van der Waals surface area contributed by atoms with Gasteiger partial charge in [-0.3, -0.25) is 9.78 Å². The highest BCUT2D eigenvalue weighted by Gasteiger charge is 1.88. The fraction of sp³-hybridized carbons (Fsp3) is 0. The molecule has 0 unspecified atom stereocenters. The molecule has 23 heavy (non-hydrogen) atoms. The first-order valence-electron chi connectivity index (χ1n) is 6.92. The van der Waals surface area contributed by atoms with Gasteiger partial charge >= 0.3 is 5.69 Å². The molecule has 3 N–H and O–H groups in total. The molecule has 4 aromatic rings. The lowest BCUT2D eigenvalue weighted by Crippen LogP contribution is -2.19.